The molecule has 2 rings (SSSR count). The maximum Gasteiger partial charge on any atom is 0.0705 e. The summed E-state index contributed by atoms with van der Waals surface area (Å²) in [5, 5.41) is 5.39. The van der Waals surface area contributed by atoms with E-state index in [0.717, 1.165) is 34.7 Å². The van der Waals surface area contributed by atoms with Crippen LogP contribution in [-0.4, -0.2) is 23.0 Å². The summed E-state index contributed by atoms with van der Waals surface area (Å²) in [6.07, 6.45) is 1.20. The summed E-state index contributed by atoms with van der Waals surface area (Å²) in [4.78, 5) is 3.37. The normalized spacial score (nSPS) is 11.2. The molecule has 0 atom stereocenters. The van der Waals surface area contributed by atoms with Crippen LogP contribution in [0.3, 0.4) is 0 Å². The Morgan fingerprint density at radius 1 is 1.33 bits per heavy atom. The minimum atomic E-state index is 0.810. The fourth-order valence-corrected chi connectivity index (χ4v) is 2.86. The van der Waals surface area contributed by atoms with Gasteiger partial charge in [-0.3, -0.25) is 0 Å². The predicted octanol–water partition coefficient (Wildman–Crippen LogP) is 4.05. The largest absolute Gasteiger partial charge is 0.356 e. The van der Waals surface area contributed by atoms with Gasteiger partial charge >= 0.3 is 0 Å². The third-order valence-corrected chi connectivity index (χ3v) is 4.28. The Balaban J connectivity index is 1.86. The Hall–Kier alpha value is -0.640. The lowest BCUT2D eigenvalue weighted by Gasteiger charge is -2.03. The van der Waals surface area contributed by atoms with Crippen LogP contribution in [0, 0.1) is 0 Å². The molecule has 98 valence electrons. The van der Waals surface area contributed by atoms with E-state index in [-0.39, 0.29) is 0 Å². The van der Waals surface area contributed by atoms with Crippen molar-refractivity contribution in [3.8, 4) is 0 Å². The highest BCUT2D eigenvalue weighted by atomic mass is 35.5. The molecule has 2 nitrogen and oxygen atoms in total. The second-order valence-corrected chi connectivity index (χ2v) is 5.96. The number of aromatic amines is 1. The zero-order valence-electron chi connectivity index (χ0n) is 10.6. The van der Waals surface area contributed by atoms with Crippen LogP contribution in [0.1, 0.15) is 19.0 Å². The van der Waals surface area contributed by atoms with Crippen LogP contribution >= 0.6 is 23.4 Å². The summed E-state index contributed by atoms with van der Waals surface area (Å²) in [7, 11) is 0. The summed E-state index contributed by atoms with van der Waals surface area (Å²) in [5.74, 6) is 2.43. The lowest BCUT2D eigenvalue weighted by molar-refractivity contribution is 0.671. The average molecular weight is 283 g/mol. The molecular weight excluding hydrogens is 264 g/mol. The molecule has 0 aliphatic heterocycles. The van der Waals surface area contributed by atoms with E-state index in [4.69, 9.17) is 11.6 Å². The first-order valence-electron chi connectivity index (χ1n) is 6.36. The van der Waals surface area contributed by atoms with Gasteiger partial charge in [-0.15, -0.1) is 0 Å². The summed E-state index contributed by atoms with van der Waals surface area (Å²) in [6, 6.07) is 8.15. The molecule has 1 heterocycles. The van der Waals surface area contributed by atoms with Gasteiger partial charge in [-0.05, 0) is 30.5 Å². The maximum absolute atomic E-state index is 6.34. The molecule has 4 heteroatoms. The first-order valence-corrected chi connectivity index (χ1v) is 7.89. The molecule has 1 aromatic carbocycles. The second-order valence-electron chi connectivity index (χ2n) is 4.19. The number of halogens is 1. The van der Waals surface area contributed by atoms with Crippen molar-refractivity contribution in [2.24, 2.45) is 0 Å². The summed E-state index contributed by atoms with van der Waals surface area (Å²) in [6.45, 7) is 4.05. The molecule has 2 N–H and O–H groups in total. The number of hydrogen-bond acceptors (Lipinski definition) is 2. The third kappa shape index (κ3) is 3.44. The first kappa shape index (κ1) is 13.8. The molecule has 0 saturated heterocycles. The van der Waals surface area contributed by atoms with Gasteiger partial charge in [0.25, 0.3) is 0 Å². The number of aromatic nitrogens is 1. The highest BCUT2D eigenvalue weighted by Crippen LogP contribution is 2.26. The Morgan fingerprint density at radius 2 is 2.17 bits per heavy atom. The summed E-state index contributed by atoms with van der Waals surface area (Å²) >= 11 is 8.33. The lowest BCUT2D eigenvalue weighted by atomic mass is 10.2. The molecule has 2 aromatic rings. The van der Waals surface area contributed by atoms with Gasteiger partial charge in [0.05, 0.1) is 5.02 Å². The molecule has 0 fully saturated rings. The minimum absolute atomic E-state index is 0.810. The van der Waals surface area contributed by atoms with Gasteiger partial charge in [-0.25, -0.2) is 0 Å². The molecule has 0 aliphatic rings. The van der Waals surface area contributed by atoms with Crippen LogP contribution in [0.5, 0.6) is 0 Å². The predicted molar refractivity (Wildman–Crippen MR) is 82.6 cm³/mol. The summed E-state index contributed by atoms with van der Waals surface area (Å²) in [5.41, 5.74) is 2.20. The standard InChI is InChI=1S/C14H19ClN2S/c1-2-18-9-5-8-16-10-13-14(15)11-6-3-4-7-12(11)17-13/h3-4,6-7,16-17H,2,5,8-10H2,1H3. The van der Waals surface area contributed by atoms with Crippen molar-refractivity contribution in [3.63, 3.8) is 0 Å². The average Bonchev–Trinajstić information content (AvgIpc) is 2.71. The lowest BCUT2D eigenvalue weighted by Crippen LogP contribution is -2.15. The number of fused-ring (bicyclic) bond motifs is 1. The van der Waals surface area contributed by atoms with Gasteiger partial charge in [-0.1, -0.05) is 36.7 Å². The number of rotatable bonds is 7. The van der Waals surface area contributed by atoms with E-state index < -0.39 is 0 Å². The van der Waals surface area contributed by atoms with E-state index in [1.54, 1.807) is 0 Å². The smallest absolute Gasteiger partial charge is 0.0705 e. The van der Waals surface area contributed by atoms with Gasteiger partial charge in [0.2, 0.25) is 0 Å². The van der Waals surface area contributed by atoms with E-state index in [2.05, 4.69) is 29.4 Å². The van der Waals surface area contributed by atoms with Crippen molar-refractivity contribution in [1.82, 2.24) is 10.3 Å². The fourth-order valence-electron chi connectivity index (χ4n) is 1.94. The second kappa shape index (κ2) is 7.07. The van der Waals surface area contributed by atoms with Crippen molar-refractivity contribution in [2.45, 2.75) is 19.9 Å². The Bertz CT molecular complexity index is 495. The van der Waals surface area contributed by atoms with E-state index >= 15 is 0 Å². The van der Waals surface area contributed by atoms with E-state index in [1.165, 1.54) is 17.9 Å². The van der Waals surface area contributed by atoms with Crippen molar-refractivity contribution in [1.29, 1.82) is 0 Å². The molecule has 1 aromatic heterocycles. The zero-order chi connectivity index (χ0) is 12.8. The monoisotopic (exact) mass is 282 g/mol. The van der Waals surface area contributed by atoms with Crippen molar-refractivity contribution in [2.75, 3.05) is 18.1 Å². The number of thioether (sulfide) groups is 1. The van der Waals surface area contributed by atoms with Crippen LogP contribution in [-0.2, 0) is 6.54 Å². The van der Waals surface area contributed by atoms with Crippen LogP contribution in [0.2, 0.25) is 5.02 Å². The molecule has 0 spiro atoms. The number of nitrogens with one attached hydrogen (secondary N) is 2. The quantitative estimate of drug-likeness (QED) is 0.750. The fraction of sp³-hybridized carbons (Fsp3) is 0.429. The minimum Gasteiger partial charge on any atom is -0.356 e. The molecule has 0 radical (unpaired) electrons. The van der Waals surface area contributed by atoms with Crippen LogP contribution < -0.4 is 5.32 Å². The molecule has 0 bridgehead atoms. The van der Waals surface area contributed by atoms with Gasteiger partial charge in [0, 0.05) is 23.1 Å². The van der Waals surface area contributed by atoms with Crippen molar-refractivity contribution >= 4 is 34.3 Å². The van der Waals surface area contributed by atoms with Crippen molar-refractivity contribution < 1.29 is 0 Å². The molecular formula is C14H19ClN2S. The SMILES string of the molecule is CCSCCCNCc1[nH]c2ccccc2c1Cl. The highest BCUT2D eigenvalue weighted by Gasteiger charge is 2.07. The third-order valence-electron chi connectivity index (χ3n) is 2.86. The topological polar surface area (TPSA) is 27.8 Å². The van der Waals surface area contributed by atoms with E-state index in [0.29, 0.717) is 0 Å². The van der Waals surface area contributed by atoms with Crippen LogP contribution in [0.25, 0.3) is 10.9 Å². The number of benzene rings is 1. The molecule has 0 saturated carbocycles. The number of hydrogen-bond donors (Lipinski definition) is 2. The highest BCUT2D eigenvalue weighted by molar-refractivity contribution is 7.99. The van der Waals surface area contributed by atoms with E-state index in [1.807, 2.05) is 23.9 Å². The zero-order valence-corrected chi connectivity index (χ0v) is 12.2. The molecule has 0 unspecified atom stereocenters. The van der Waals surface area contributed by atoms with Crippen LogP contribution in [0.4, 0.5) is 0 Å². The molecule has 0 amide bonds. The van der Waals surface area contributed by atoms with Crippen molar-refractivity contribution in [3.05, 3.63) is 35.0 Å². The molecule has 18 heavy (non-hydrogen) atoms. The van der Waals surface area contributed by atoms with Gasteiger partial charge in [0.1, 0.15) is 0 Å². The van der Waals surface area contributed by atoms with Gasteiger partial charge in [-0.2, -0.15) is 11.8 Å². The van der Waals surface area contributed by atoms with Crippen LogP contribution in [0.15, 0.2) is 24.3 Å². The first-order chi connectivity index (χ1) is 8.83. The molecule has 0 aliphatic carbocycles. The number of para-hydroxylation sites is 1. The van der Waals surface area contributed by atoms with Gasteiger partial charge in [0.15, 0.2) is 0 Å². The van der Waals surface area contributed by atoms with E-state index in [9.17, 15) is 0 Å². The summed E-state index contributed by atoms with van der Waals surface area (Å²) < 4.78 is 0. The Labute approximate surface area is 117 Å². The number of H-pyrrole nitrogens is 1. The Kier molecular flexibility index (Phi) is 5.42. The maximum atomic E-state index is 6.34. The van der Waals surface area contributed by atoms with Gasteiger partial charge < -0.3 is 10.3 Å². The Morgan fingerprint density at radius 3 is 2.94 bits per heavy atom.